The van der Waals surface area contributed by atoms with Crippen LogP contribution < -0.4 is 11.1 Å². The van der Waals surface area contributed by atoms with Crippen molar-refractivity contribution in [3.05, 3.63) is 5.82 Å². The molecule has 1 aromatic heterocycles. The Morgan fingerprint density at radius 1 is 1.47 bits per heavy atom. The second-order valence-corrected chi connectivity index (χ2v) is 4.44. The highest BCUT2D eigenvalue weighted by atomic mass is 32.2. The highest BCUT2D eigenvalue weighted by Gasteiger charge is 2.12. The first-order valence-electron chi connectivity index (χ1n) is 5.74. The summed E-state index contributed by atoms with van der Waals surface area (Å²) in [6.07, 6.45) is 0.986. The zero-order valence-electron chi connectivity index (χ0n) is 10.3. The largest absolute Gasteiger partial charge is 0.356 e. The molecule has 1 rings (SSSR count). The number of nitrogens with two attached hydrogens (primary N) is 1. The third-order valence-corrected chi connectivity index (χ3v) is 3.10. The SMILES string of the molecule is CCCn1c(CN)nnc1SCC(=O)NCC. The van der Waals surface area contributed by atoms with Crippen molar-refractivity contribution in [3.63, 3.8) is 0 Å². The van der Waals surface area contributed by atoms with E-state index in [1.165, 1.54) is 11.8 Å². The molecular weight excluding hydrogens is 238 g/mol. The van der Waals surface area contributed by atoms with Gasteiger partial charge in [0.25, 0.3) is 0 Å². The molecule has 0 aliphatic rings. The fourth-order valence-electron chi connectivity index (χ4n) is 1.40. The van der Waals surface area contributed by atoms with Crippen LogP contribution in [0, 0.1) is 0 Å². The zero-order chi connectivity index (χ0) is 12.7. The van der Waals surface area contributed by atoms with Crippen LogP contribution in [-0.2, 0) is 17.9 Å². The molecule has 1 aromatic rings. The lowest BCUT2D eigenvalue weighted by molar-refractivity contribution is -0.118. The van der Waals surface area contributed by atoms with Gasteiger partial charge in [-0.2, -0.15) is 0 Å². The van der Waals surface area contributed by atoms with Crippen LogP contribution in [0.25, 0.3) is 0 Å². The number of nitrogens with zero attached hydrogens (tertiary/aromatic N) is 3. The van der Waals surface area contributed by atoms with E-state index in [1.54, 1.807) is 0 Å². The summed E-state index contributed by atoms with van der Waals surface area (Å²) in [6, 6.07) is 0. The number of nitrogens with one attached hydrogen (secondary N) is 1. The maximum Gasteiger partial charge on any atom is 0.230 e. The molecule has 0 fully saturated rings. The quantitative estimate of drug-likeness (QED) is 0.689. The summed E-state index contributed by atoms with van der Waals surface area (Å²) in [5.74, 6) is 1.14. The highest BCUT2D eigenvalue weighted by molar-refractivity contribution is 7.99. The number of carbonyl (C=O) groups excluding carboxylic acids is 1. The molecule has 0 aliphatic heterocycles. The Morgan fingerprint density at radius 3 is 2.82 bits per heavy atom. The van der Waals surface area contributed by atoms with Crippen LogP contribution in [-0.4, -0.2) is 33.0 Å². The predicted octanol–water partition coefficient (Wildman–Crippen LogP) is 0.375. The van der Waals surface area contributed by atoms with E-state index in [0.29, 0.717) is 18.8 Å². The highest BCUT2D eigenvalue weighted by Crippen LogP contribution is 2.17. The Kier molecular flexibility index (Phi) is 5.99. The van der Waals surface area contributed by atoms with Crippen molar-refractivity contribution in [2.24, 2.45) is 5.73 Å². The summed E-state index contributed by atoms with van der Waals surface area (Å²) in [7, 11) is 0. The van der Waals surface area contributed by atoms with Gasteiger partial charge in [0.05, 0.1) is 12.3 Å². The van der Waals surface area contributed by atoms with Gasteiger partial charge in [0, 0.05) is 13.1 Å². The summed E-state index contributed by atoms with van der Waals surface area (Å²) in [4.78, 5) is 11.3. The van der Waals surface area contributed by atoms with E-state index in [1.807, 2.05) is 11.5 Å². The third-order valence-electron chi connectivity index (χ3n) is 2.13. The Labute approximate surface area is 105 Å². The average Bonchev–Trinajstić information content (AvgIpc) is 2.70. The third kappa shape index (κ3) is 4.01. The number of hydrogen-bond donors (Lipinski definition) is 2. The molecule has 0 spiro atoms. The van der Waals surface area contributed by atoms with Crippen molar-refractivity contribution in [2.45, 2.75) is 38.5 Å². The van der Waals surface area contributed by atoms with Crippen LogP contribution in [0.2, 0.25) is 0 Å². The number of aromatic nitrogens is 3. The number of rotatable bonds is 7. The number of thioether (sulfide) groups is 1. The van der Waals surface area contributed by atoms with Crippen LogP contribution >= 0.6 is 11.8 Å². The van der Waals surface area contributed by atoms with Crippen LogP contribution in [0.1, 0.15) is 26.1 Å². The van der Waals surface area contributed by atoms with Crippen LogP contribution in [0.5, 0.6) is 0 Å². The number of carbonyl (C=O) groups is 1. The molecular formula is C10H19N5OS. The molecule has 0 aromatic carbocycles. The van der Waals surface area contributed by atoms with Gasteiger partial charge in [-0.05, 0) is 13.3 Å². The maximum absolute atomic E-state index is 11.3. The summed E-state index contributed by atoms with van der Waals surface area (Å²) in [5, 5.41) is 11.6. The topological polar surface area (TPSA) is 85.8 Å². The van der Waals surface area contributed by atoms with Crippen molar-refractivity contribution in [1.29, 1.82) is 0 Å². The Morgan fingerprint density at radius 2 is 2.24 bits per heavy atom. The lowest BCUT2D eigenvalue weighted by Crippen LogP contribution is -2.24. The standard InChI is InChI=1S/C10H19N5OS/c1-3-5-15-8(6-11)13-14-10(15)17-7-9(16)12-4-2/h3-7,11H2,1-2H3,(H,12,16). The summed E-state index contributed by atoms with van der Waals surface area (Å²) in [5.41, 5.74) is 5.59. The second-order valence-electron chi connectivity index (χ2n) is 3.50. The van der Waals surface area contributed by atoms with E-state index in [9.17, 15) is 4.79 Å². The predicted molar refractivity (Wildman–Crippen MR) is 67.6 cm³/mol. The van der Waals surface area contributed by atoms with Gasteiger partial charge in [0.2, 0.25) is 5.91 Å². The first-order valence-corrected chi connectivity index (χ1v) is 6.73. The fraction of sp³-hybridized carbons (Fsp3) is 0.700. The van der Waals surface area contributed by atoms with Gasteiger partial charge in [-0.15, -0.1) is 10.2 Å². The molecule has 0 saturated carbocycles. The van der Waals surface area contributed by atoms with Gasteiger partial charge in [-0.3, -0.25) is 4.79 Å². The van der Waals surface area contributed by atoms with Crippen LogP contribution in [0.15, 0.2) is 5.16 Å². The first kappa shape index (κ1) is 14.0. The van der Waals surface area contributed by atoms with Gasteiger partial charge in [-0.1, -0.05) is 18.7 Å². The lowest BCUT2D eigenvalue weighted by Gasteiger charge is -2.07. The summed E-state index contributed by atoms with van der Waals surface area (Å²) in [6.45, 7) is 5.83. The molecule has 17 heavy (non-hydrogen) atoms. The molecule has 0 saturated heterocycles. The molecule has 1 amide bonds. The number of amides is 1. The number of hydrogen-bond acceptors (Lipinski definition) is 5. The van der Waals surface area contributed by atoms with Crippen LogP contribution in [0.3, 0.4) is 0 Å². The molecule has 3 N–H and O–H groups in total. The maximum atomic E-state index is 11.3. The second kappa shape index (κ2) is 7.29. The molecule has 0 unspecified atom stereocenters. The van der Waals surface area contributed by atoms with Crippen molar-refractivity contribution < 1.29 is 4.79 Å². The Balaban J connectivity index is 2.63. The van der Waals surface area contributed by atoms with Crippen molar-refractivity contribution >= 4 is 17.7 Å². The molecule has 0 aliphatic carbocycles. The smallest absolute Gasteiger partial charge is 0.230 e. The Bertz CT molecular complexity index is 366. The lowest BCUT2D eigenvalue weighted by atomic mass is 10.4. The molecule has 96 valence electrons. The van der Waals surface area contributed by atoms with Crippen molar-refractivity contribution in [1.82, 2.24) is 20.1 Å². The minimum atomic E-state index is 0.0119. The average molecular weight is 257 g/mol. The molecule has 0 bridgehead atoms. The first-order chi connectivity index (χ1) is 8.22. The molecule has 0 radical (unpaired) electrons. The summed E-state index contributed by atoms with van der Waals surface area (Å²) < 4.78 is 1.98. The van der Waals surface area contributed by atoms with Gasteiger partial charge < -0.3 is 15.6 Å². The zero-order valence-corrected chi connectivity index (χ0v) is 11.1. The van der Waals surface area contributed by atoms with Crippen molar-refractivity contribution in [3.8, 4) is 0 Å². The van der Waals surface area contributed by atoms with Crippen molar-refractivity contribution in [2.75, 3.05) is 12.3 Å². The minimum Gasteiger partial charge on any atom is -0.356 e. The monoisotopic (exact) mass is 257 g/mol. The van der Waals surface area contributed by atoms with Gasteiger partial charge in [-0.25, -0.2) is 0 Å². The minimum absolute atomic E-state index is 0.0119. The molecule has 1 heterocycles. The van der Waals surface area contributed by atoms with E-state index >= 15 is 0 Å². The van der Waals surface area contributed by atoms with E-state index in [2.05, 4.69) is 22.4 Å². The van der Waals surface area contributed by atoms with E-state index in [-0.39, 0.29) is 5.91 Å². The normalized spacial score (nSPS) is 10.5. The molecule has 7 heteroatoms. The summed E-state index contributed by atoms with van der Waals surface area (Å²) >= 11 is 1.39. The Hall–Kier alpha value is -1.08. The van der Waals surface area contributed by atoms with Gasteiger partial charge in [0.1, 0.15) is 5.82 Å². The van der Waals surface area contributed by atoms with E-state index in [0.717, 1.165) is 23.9 Å². The molecule has 6 nitrogen and oxygen atoms in total. The van der Waals surface area contributed by atoms with Gasteiger partial charge in [0.15, 0.2) is 5.16 Å². The van der Waals surface area contributed by atoms with E-state index < -0.39 is 0 Å². The van der Waals surface area contributed by atoms with Crippen LogP contribution in [0.4, 0.5) is 0 Å². The molecule has 0 atom stereocenters. The van der Waals surface area contributed by atoms with Gasteiger partial charge >= 0.3 is 0 Å². The fourth-order valence-corrected chi connectivity index (χ4v) is 2.22. The van der Waals surface area contributed by atoms with E-state index in [4.69, 9.17) is 5.73 Å².